The Morgan fingerprint density at radius 3 is 0.753 bits per heavy atom. The lowest BCUT2D eigenvalue weighted by molar-refractivity contribution is -0.138. The second-order valence-electron chi connectivity index (χ2n) is 21.7. The Morgan fingerprint density at radius 2 is 0.538 bits per heavy atom. The van der Waals surface area contributed by atoms with Gasteiger partial charge in [-0.25, -0.2) is 15.0 Å². The van der Waals surface area contributed by atoms with Gasteiger partial charge in [-0.3, -0.25) is 28.4 Å². The molecule has 1 saturated heterocycles. The molecular weight excluding hydrogens is 1270 g/mol. The van der Waals surface area contributed by atoms with Crippen molar-refractivity contribution in [2.75, 3.05) is 39.3 Å². The summed E-state index contributed by atoms with van der Waals surface area (Å²) >= 11 is 0. The summed E-state index contributed by atoms with van der Waals surface area (Å²) in [7, 11) is -13.3. The van der Waals surface area contributed by atoms with E-state index in [2.05, 4.69) is 35.5 Å². The first-order valence-electron chi connectivity index (χ1n) is 28.6. The number of halogens is 9. The first-order valence-corrected chi connectivity index (χ1v) is 33.6. The number of benzene rings is 6. The predicted molar refractivity (Wildman–Crippen MR) is 337 cm³/mol. The molecule has 0 saturated carbocycles. The topological polar surface area (TPSA) is 160 Å². The molecule has 1 fully saturated rings. The summed E-state index contributed by atoms with van der Waals surface area (Å²) < 4.78 is 165. The smallest absolute Gasteiger partial charge is 0.337 e. The molecule has 0 bridgehead atoms. The lowest BCUT2D eigenvalue weighted by atomic mass is 10.1. The van der Waals surface area contributed by atoms with Gasteiger partial charge in [-0.2, -0.15) is 39.5 Å². The molecule has 3 N–H and O–H groups in total. The van der Waals surface area contributed by atoms with Crippen molar-refractivity contribution in [3.8, 4) is 35.5 Å². The zero-order chi connectivity index (χ0) is 66.2. The molecule has 3 aromatic heterocycles. The lowest BCUT2D eigenvalue weighted by Crippen LogP contribution is -2.36. The van der Waals surface area contributed by atoms with E-state index in [0.29, 0.717) is 17.1 Å². The molecule has 474 valence electrons. The van der Waals surface area contributed by atoms with Gasteiger partial charge >= 0.3 is 18.5 Å². The Hall–Kier alpha value is -8.73. The molecule has 0 amide bonds. The van der Waals surface area contributed by atoms with Crippen LogP contribution >= 0.6 is 22.1 Å². The highest BCUT2D eigenvalue weighted by Gasteiger charge is 2.34. The molecule has 24 heteroatoms. The van der Waals surface area contributed by atoms with Gasteiger partial charge in [0.15, 0.2) is 0 Å². The van der Waals surface area contributed by atoms with Crippen LogP contribution < -0.4 is 32.2 Å². The van der Waals surface area contributed by atoms with Gasteiger partial charge in [-0.1, -0.05) is 90.1 Å². The largest absolute Gasteiger partial charge is 0.416 e. The number of aromatic nitrogens is 3. The molecule has 6 aromatic carbocycles. The number of pyridine rings is 3. The highest BCUT2D eigenvalue weighted by Crippen LogP contribution is 2.40. The van der Waals surface area contributed by atoms with Crippen molar-refractivity contribution in [1.82, 2.24) is 29.7 Å². The third-order valence-corrected chi connectivity index (χ3v) is 20.4. The maximum atomic E-state index is 14.4. The normalized spacial score (nSPS) is 15.6. The van der Waals surface area contributed by atoms with Crippen LogP contribution in [0.25, 0.3) is 0 Å². The van der Waals surface area contributed by atoms with E-state index in [9.17, 15) is 67.9 Å². The van der Waals surface area contributed by atoms with Crippen molar-refractivity contribution in [1.29, 1.82) is 0 Å². The molecule has 9 aromatic rings. The highest BCUT2D eigenvalue weighted by molar-refractivity contribution is 7.74. The van der Waals surface area contributed by atoms with E-state index >= 15 is 0 Å². The van der Waals surface area contributed by atoms with Crippen LogP contribution in [0.3, 0.4) is 0 Å². The Bertz CT molecular complexity index is 4040. The van der Waals surface area contributed by atoms with Crippen LogP contribution in [-0.2, 0) is 51.9 Å². The zero-order valence-electron chi connectivity index (χ0n) is 48.9. The first kappa shape index (κ1) is 67.2. The monoisotopic (exact) mass is 1330 g/mol. The van der Waals surface area contributed by atoms with Crippen LogP contribution in [0.5, 0.6) is 0 Å². The minimum atomic E-state index is -4.59. The van der Waals surface area contributed by atoms with E-state index in [1.165, 1.54) is 91.0 Å². The number of hydrogen-bond acceptors (Lipinski definition) is 9. The number of rotatable bonds is 12. The zero-order valence-corrected chi connectivity index (χ0v) is 51.6. The SMILES string of the molecule is O=P(O)(c1ccccc1)c1cc(C#Cc2ccc(C(F)(F)F)cc2)cc(CN2CCN(Cc3cc(C#Cc4ccc(C(F)(F)F)cc4)cc(P(=O)(O)c4ccccc4)n3)CCN(Cc3cc(C#Cc4ccc(C(F)(F)F)cc4)cc(P(=O)(O)c4ccccc4)n3)CC2)n1. The number of alkyl halides is 9. The van der Waals surface area contributed by atoms with Crippen molar-refractivity contribution in [3.05, 3.63) is 267 Å². The second-order valence-corrected chi connectivity index (χ2v) is 28.0. The fraction of sp³-hybridized carbons (Fsp3) is 0.174. The van der Waals surface area contributed by atoms with Gasteiger partial charge in [0, 0.05) is 108 Å². The van der Waals surface area contributed by atoms with E-state index in [1.54, 1.807) is 72.8 Å². The van der Waals surface area contributed by atoms with Gasteiger partial charge in [-0.15, -0.1) is 0 Å². The molecule has 0 aliphatic carbocycles. The van der Waals surface area contributed by atoms with E-state index < -0.39 is 57.3 Å². The molecule has 3 atom stereocenters. The summed E-state index contributed by atoms with van der Waals surface area (Å²) in [6, 6.07) is 45.0. The summed E-state index contributed by atoms with van der Waals surface area (Å²) in [6.45, 7) is 1.80. The maximum absolute atomic E-state index is 14.4. The molecular formula is C69H54F9N6O6P3. The Morgan fingerprint density at radius 1 is 0.323 bits per heavy atom. The first-order chi connectivity index (χ1) is 44.1. The van der Waals surface area contributed by atoms with Crippen molar-refractivity contribution in [2.24, 2.45) is 0 Å². The summed E-state index contributed by atoms with van der Waals surface area (Å²) in [6.07, 6.45) is -13.8. The van der Waals surface area contributed by atoms with Crippen LogP contribution in [0.1, 0.15) is 67.2 Å². The van der Waals surface area contributed by atoms with E-state index in [-0.39, 0.29) is 125 Å². The standard InChI is InChI=1S/C69H54F9N6O6P3/c70-67(71,72)55-28-22-49(23-29-55)16-19-52-40-58(79-64(43-52)91(85,86)61-10-4-1-5-11-61)46-82-34-36-83(47-59-41-53(20-17-50-24-30-56(31-25-50)68(73,74)75)44-65(80-59)92(87,88)62-12-6-2-7-13-62)38-39-84(37-35-82)48-60-42-54(21-18-51-26-32-57(33-27-51)69(76,77)78)45-66(81-60)93(89,90)63-14-8-3-9-15-63/h1-15,22-33,40-45H,34-39,46-48H2,(H,85,86)(H,87,88)(H,89,90). The van der Waals surface area contributed by atoms with Crippen molar-refractivity contribution in [3.63, 3.8) is 0 Å². The Balaban J connectivity index is 1.03. The van der Waals surface area contributed by atoms with Crippen LogP contribution in [0.15, 0.2) is 200 Å². The minimum absolute atomic E-state index is 0.0314. The fourth-order valence-electron chi connectivity index (χ4n) is 9.93. The molecule has 3 unspecified atom stereocenters. The Kier molecular flexibility index (Phi) is 20.4. The molecule has 1 aliphatic rings. The third kappa shape index (κ3) is 17.5. The van der Waals surface area contributed by atoms with Crippen LogP contribution in [0, 0.1) is 35.5 Å². The van der Waals surface area contributed by atoms with Crippen molar-refractivity contribution in [2.45, 2.75) is 38.2 Å². The van der Waals surface area contributed by atoms with Gasteiger partial charge < -0.3 is 14.7 Å². The number of nitrogens with zero attached hydrogens (tertiary/aromatic N) is 6. The van der Waals surface area contributed by atoms with Crippen molar-refractivity contribution < 1.29 is 67.9 Å². The van der Waals surface area contributed by atoms with Crippen molar-refractivity contribution >= 4 is 54.3 Å². The molecule has 12 nitrogen and oxygen atoms in total. The van der Waals surface area contributed by atoms with Crippen LogP contribution in [-0.4, -0.2) is 83.6 Å². The average molecular weight is 1330 g/mol. The van der Waals surface area contributed by atoms with E-state index in [0.717, 1.165) is 36.4 Å². The summed E-state index contributed by atoms with van der Waals surface area (Å²) in [5.41, 5.74) is -0.984. The molecule has 1 aliphatic heterocycles. The van der Waals surface area contributed by atoms with E-state index in [4.69, 9.17) is 15.0 Å². The van der Waals surface area contributed by atoms with Gasteiger partial charge in [0.25, 0.3) is 22.1 Å². The van der Waals surface area contributed by atoms with Gasteiger partial charge in [0.1, 0.15) is 16.3 Å². The molecule has 4 heterocycles. The third-order valence-electron chi connectivity index (χ3n) is 14.9. The minimum Gasteiger partial charge on any atom is -0.337 e. The summed E-state index contributed by atoms with van der Waals surface area (Å²) in [4.78, 5) is 55.6. The van der Waals surface area contributed by atoms with Crippen LogP contribution in [0.4, 0.5) is 39.5 Å². The maximum Gasteiger partial charge on any atom is 0.416 e. The van der Waals surface area contributed by atoms with E-state index in [1.807, 2.05) is 14.7 Å². The summed E-state index contributed by atoms with van der Waals surface area (Å²) in [5, 5.41) is 0.224. The second kappa shape index (κ2) is 28.2. The molecule has 10 rings (SSSR count). The Labute approximate surface area is 529 Å². The average Bonchev–Trinajstić information content (AvgIpc) is 0.986. The molecule has 0 spiro atoms. The number of hydrogen-bond donors (Lipinski definition) is 3. The lowest BCUT2D eigenvalue weighted by Gasteiger charge is -2.26. The van der Waals surface area contributed by atoms with Gasteiger partial charge in [0.2, 0.25) is 0 Å². The summed E-state index contributed by atoms with van der Waals surface area (Å²) in [5.74, 6) is 17.4. The van der Waals surface area contributed by atoms with Crippen LogP contribution in [0.2, 0.25) is 0 Å². The quantitative estimate of drug-likeness (QED) is 0.0605. The molecule has 0 radical (unpaired) electrons. The predicted octanol–water partition coefficient (Wildman–Crippen LogP) is 10.6. The van der Waals surface area contributed by atoms with Gasteiger partial charge in [0.05, 0.1) is 33.8 Å². The van der Waals surface area contributed by atoms with Gasteiger partial charge in [-0.05, 0) is 146 Å². The molecule has 93 heavy (non-hydrogen) atoms. The fourth-order valence-corrected chi connectivity index (χ4v) is 14.2. The highest BCUT2D eigenvalue weighted by atomic mass is 31.2.